The molecule has 1 amide bonds. The van der Waals surface area contributed by atoms with Crippen molar-refractivity contribution in [3.8, 4) is 17.2 Å². The van der Waals surface area contributed by atoms with Gasteiger partial charge in [-0.3, -0.25) is 4.79 Å². The number of sulfonamides is 1. The molecule has 1 aliphatic rings. The number of rotatable bonds is 9. The average molecular weight is 463 g/mol. The highest BCUT2D eigenvalue weighted by molar-refractivity contribution is 7.89. The second kappa shape index (κ2) is 10.7. The minimum Gasteiger partial charge on any atom is -0.497 e. The Morgan fingerprint density at radius 1 is 0.938 bits per heavy atom. The SMILES string of the molecule is COc1ccc(OC)c(NC(=O)CCc2cc(S(=O)(=O)N3CCCCC3)ccc2OC)c1. The van der Waals surface area contributed by atoms with Gasteiger partial charge in [0.2, 0.25) is 15.9 Å². The van der Waals surface area contributed by atoms with Crippen LogP contribution in [0.1, 0.15) is 31.2 Å². The van der Waals surface area contributed by atoms with E-state index in [1.54, 1.807) is 43.5 Å². The number of anilines is 1. The molecular formula is C23H30N2O6S. The quantitative estimate of drug-likeness (QED) is 0.613. The molecule has 0 aromatic heterocycles. The first-order valence-corrected chi connectivity index (χ1v) is 12.0. The van der Waals surface area contributed by atoms with Crippen LogP contribution in [-0.2, 0) is 21.2 Å². The van der Waals surface area contributed by atoms with Gasteiger partial charge in [0.05, 0.1) is 31.9 Å². The molecular weight excluding hydrogens is 432 g/mol. The highest BCUT2D eigenvalue weighted by Crippen LogP contribution is 2.30. The van der Waals surface area contributed by atoms with E-state index in [9.17, 15) is 13.2 Å². The number of carbonyl (C=O) groups is 1. The molecule has 0 bridgehead atoms. The Labute approximate surface area is 189 Å². The lowest BCUT2D eigenvalue weighted by Crippen LogP contribution is -2.35. The molecule has 174 valence electrons. The molecule has 1 N–H and O–H groups in total. The number of aryl methyl sites for hydroxylation is 1. The zero-order valence-electron chi connectivity index (χ0n) is 18.7. The molecule has 0 aliphatic carbocycles. The smallest absolute Gasteiger partial charge is 0.243 e. The predicted octanol–water partition coefficient (Wildman–Crippen LogP) is 3.46. The van der Waals surface area contributed by atoms with Gasteiger partial charge in [-0.2, -0.15) is 4.31 Å². The molecule has 32 heavy (non-hydrogen) atoms. The molecule has 0 unspecified atom stereocenters. The largest absolute Gasteiger partial charge is 0.497 e. The molecule has 8 nitrogen and oxygen atoms in total. The van der Waals surface area contributed by atoms with Crippen LogP contribution in [0.15, 0.2) is 41.3 Å². The molecule has 1 fully saturated rings. The fourth-order valence-corrected chi connectivity index (χ4v) is 5.31. The van der Waals surface area contributed by atoms with E-state index in [1.165, 1.54) is 18.5 Å². The van der Waals surface area contributed by atoms with E-state index in [-0.39, 0.29) is 17.2 Å². The van der Waals surface area contributed by atoms with E-state index >= 15 is 0 Å². The molecule has 0 saturated carbocycles. The minimum absolute atomic E-state index is 0.143. The van der Waals surface area contributed by atoms with Crippen LogP contribution in [0.25, 0.3) is 0 Å². The van der Waals surface area contributed by atoms with E-state index in [2.05, 4.69) is 5.32 Å². The van der Waals surface area contributed by atoms with Crippen molar-refractivity contribution in [3.05, 3.63) is 42.0 Å². The lowest BCUT2D eigenvalue weighted by atomic mass is 10.1. The number of nitrogens with zero attached hydrogens (tertiary/aromatic N) is 1. The first-order valence-electron chi connectivity index (χ1n) is 10.6. The summed E-state index contributed by atoms with van der Waals surface area (Å²) >= 11 is 0. The van der Waals surface area contributed by atoms with Crippen LogP contribution in [0.4, 0.5) is 5.69 Å². The number of methoxy groups -OCH3 is 3. The second-order valence-corrected chi connectivity index (χ2v) is 9.49. The minimum atomic E-state index is -3.57. The van der Waals surface area contributed by atoms with Gasteiger partial charge in [0.15, 0.2) is 0 Å². The number of nitrogens with one attached hydrogen (secondary N) is 1. The van der Waals surface area contributed by atoms with E-state index in [4.69, 9.17) is 14.2 Å². The van der Waals surface area contributed by atoms with Crippen molar-refractivity contribution in [2.75, 3.05) is 39.7 Å². The van der Waals surface area contributed by atoms with Crippen molar-refractivity contribution in [1.82, 2.24) is 4.31 Å². The van der Waals surface area contributed by atoms with Gasteiger partial charge in [0.1, 0.15) is 17.2 Å². The fourth-order valence-electron chi connectivity index (χ4n) is 3.74. The number of hydrogen-bond acceptors (Lipinski definition) is 6. The summed E-state index contributed by atoms with van der Waals surface area (Å²) in [7, 11) is 1.03. The predicted molar refractivity (Wildman–Crippen MR) is 122 cm³/mol. The molecule has 0 atom stereocenters. The summed E-state index contributed by atoms with van der Waals surface area (Å²) in [5, 5.41) is 2.83. The number of benzene rings is 2. The molecule has 3 rings (SSSR count). The van der Waals surface area contributed by atoms with Crippen molar-refractivity contribution in [2.24, 2.45) is 0 Å². The van der Waals surface area contributed by atoms with Crippen LogP contribution in [0.3, 0.4) is 0 Å². The van der Waals surface area contributed by atoms with Crippen LogP contribution in [-0.4, -0.2) is 53.0 Å². The van der Waals surface area contributed by atoms with E-state index in [0.29, 0.717) is 48.0 Å². The molecule has 0 spiro atoms. The van der Waals surface area contributed by atoms with Crippen molar-refractivity contribution >= 4 is 21.6 Å². The monoisotopic (exact) mass is 462 g/mol. The Morgan fingerprint density at radius 3 is 2.28 bits per heavy atom. The van der Waals surface area contributed by atoms with Crippen LogP contribution in [0.2, 0.25) is 0 Å². The normalized spacial score (nSPS) is 14.6. The molecule has 2 aromatic rings. The number of carbonyl (C=O) groups excluding carboxylic acids is 1. The van der Waals surface area contributed by atoms with Crippen molar-refractivity contribution in [1.29, 1.82) is 0 Å². The van der Waals surface area contributed by atoms with Gasteiger partial charge < -0.3 is 19.5 Å². The summed E-state index contributed by atoms with van der Waals surface area (Å²) in [4.78, 5) is 12.8. The summed E-state index contributed by atoms with van der Waals surface area (Å²) in [5.41, 5.74) is 1.17. The lowest BCUT2D eigenvalue weighted by molar-refractivity contribution is -0.116. The zero-order valence-corrected chi connectivity index (χ0v) is 19.5. The highest BCUT2D eigenvalue weighted by atomic mass is 32.2. The Morgan fingerprint density at radius 2 is 1.62 bits per heavy atom. The summed E-state index contributed by atoms with van der Waals surface area (Å²) in [6.45, 7) is 1.07. The maximum absolute atomic E-state index is 13.0. The second-order valence-electron chi connectivity index (χ2n) is 7.55. The molecule has 2 aromatic carbocycles. The standard InChI is InChI=1S/C23H30N2O6S/c1-29-18-8-10-22(31-3)20(16-18)24-23(26)12-7-17-15-19(9-11-21(17)30-2)32(27,28)25-13-5-4-6-14-25/h8-11,15-16H,4-7,12-14H2,1-3H3,(H,24,26). The van der Waals surface area contributed by atoms with Crippen LogP contribution in [0, 0.1) is 0 Å². The van der Waals surface area contributed by atoms with Gasteiger partial charge >= 0.3 is 0 Å². The number of amides is 1. The third kappa shape index (κ3) is 5.52. The third-order valence-electron chi connectivity index (χ3n) is 5.51. The summed E-state index contributed by atoms with van der Waals surface area (Å²) in [5.74, 6) is 1.43. The van der Waals surface area contributed by atoms with E-state index in [0.717, 1.165) is 19.3 Å². The molecule has 1 aliphatic heterocycles. The Bertz CT molecular complexity index is 1050. The topological polar surface area (TPSA) is 94.2 Å². The van der Waals surface area contributed by atoms with Crippen LogP contribution < -0.4 is 19.5 Å². The molecule has 9 heteroatoms. The lowest BCUT2D eigenvalue weighted by Gasteiger charge is -2.26. The molecule has 1 heterocycles. The van der Waals surface area contributed by atoms with Gasteiger partial charge in [0, 0.05) is 25.6 Å². The van der Waals surface area contributed by atoms with Gasteiger partial charge in [-0.15, -0.1) is 0 Å². The van der Waals surface area contributed by atoms with Gasteiger partial charge in [0.25, 0.3) is 0 Å². The third-order valence-corrected chi connectivity index (χ3v) is 7.40. The van der Waals surface area contributed by atoms with E-state index < -0.39 is 10.0 Å². The number of hydrogen-bond donors (Lipinski definition) is 1. The maximum Gasteiger partial charge on any atom is 0.243 e. The highest BCUT2D eigenvalue weighted by Gasteiger charge is 2.26. The average Bonchev–Trinajstić information content (AvgIpc) is 2.83. The summed E-state index contributed by atoms with van der Waals surface area (Å²) in [6.07, 6.45) is 3.26. The fraction of sp³-hybridized carbons (Fsp3) is 0.435. The number of ether oxygens (including phenoxy) is 3. The van der Waals surface area contributed by atoms with Gasteiger partial charge in [-0.05, 0) is 55.2 Å². The number of piperidine rings is 1. The summed E-state index contributed by atoms with van der Waals surface area (Å²) in [6, 6.07) is 9.97. The summed E-state index contributed by atoms with van der Waals surface area (Å²) < 4.78 is 43.5. The van der Waals surface area contributed by atoms with E-state index in [1.807, 2.05) is 0 Å². The Kier molecular flexibility index (Phi) is 7.98. The maximum atomic E-state index is 13.0. The molecule has 1 saturated heterocycles. The first-order chi connectivity index (χ1) is 15.4. The Hall–Kier alpha value is -2.78. The first kappa shape index (κ1) is 23.9. The Balaban J connectivity index is 1.74. The zero-order chi connectivity index (χ0) is 23.1. The van der Waals surface area contributed by atoms with Crippen molar-refractivity contribution < 1.29 is 27.4 Å². The van der Waals surface area contributed by atoms with Gasteiger partial charge in [-0.1, -0.05) is 6.42 Å². The van der Waals surface area contributed by atoms with Gasteiger partial charge in [-0.25, -0.2) is 8.42 Å². The van der Waals surface area contributed by atoms with Crippen LogP contribution in [0.5, 0.6) is 17.2 Å². The molecule has 0 radical (unpaired) electrons. The van der Waals surface area contributed by atoms with Crippen LogP contribution >= 0.6 is 0 Å². The van der Waals surface area contributed by atoms with Crippen molar-refractivity contribution in [3.63, 3.8) is 0 Å². The van der Waals surface area contributed by atoms with Crippen molar-refractivity contribution in [2.45, 2.75) is 37.0 Å².